The molecule has 1 N–H and O–H groups in total. The Bertz CT molecular complexity index is 358. The van der Waals surface area contributed by atoms with Crippen LogP contribution in [0.15, 0.2) is 24.3 Å². The molecule has 1 nitrogen and oxygen atoms in total. The second-order valence-corrected chi connectivity index (χ2v) is 5.49. The minimum Gasteiger partial charge on any atom is -0.314 e. The average molecular weight is 231 g/mol. The van der Waals surface area contributed by atoms with E-state index < -0.39 is 0 Å². The normalized spacial score (nSPS) is 28.5. The largest absolute Gasteiger partial charge is 0.314 e. The van der Waals surface area contributed by atoms with Crippen molar-refractivity contribution in [1.29, 1.82) is 0 Å². The molecule has 1 fully saturated rings. The van der Waals surface area contributed by atoms with Crippen molar-refractivity contribution in [3.05, 3.63) is 35.4 Å². The molecule has 0 saturated heterocycles. The van der Waals surface area contributed by atoms with Gasteiger partial charge in [-0.15, -0.1) is 0 Å². The molecule has 1 aromatic carbocycles. The first-order chi connectivity index (χ1) is 8.22. The van der Waals surface area contributed by atoms with E-state index in [1.807, 2.05) is 0 Å². The van der Waals surface area contributed by atoms with E-state index in [4.69, 9.17) is 0 Å². The molecule has 1 aromatic rings. The lowest BCUT2D eigenvalue weighted by molar-refractivity contribution is 0.355. The van der Waals surface area contributed by atoms with Gasteiger partial charge in [0.2, 0.25) is 0 Å². The SMILES string of the molecule is CCNC1CCC(Cc2ccccc2C)C1C. The van der Waals surface area contributed by atoms with Crippen molar-refractivity contribution in [3.8, 4) is 0 Å². The fourth-order valence-corrected chi connectivity index (χ4v) is 3.21. The lowest BCUT2D eigenvalue weighted by Crippen LogP contribution is -2.32. The predicted molar refractivity (Wildman–Crippen MR) is 74.2 cm³/mol. The second-order valence-electron chi connectivity index (χ2n) is 5.49. The molecule has 0 aromatic heterocycles. The van der Waals surface area contributed by atoms with Gasteiger partial charge in [0.15, 0.2) is 0 Å². The van der Waals surface area contributed by atoms with E-state index >= 15 is 0 Å². The molecule has 0 aliphatic heterocycles. The van der Waals surface area contributed by atoms with E-state index in [0.29, 0.717) is 0 Å². The summed E-state index contributed by atoms with van der Waals surface area (Å²) in [6.45, 7) is 7.97. The van der Waals surface area contributed by atoms with Crippen LogP contribution in [0.5, 0.6) is 0 Å². The summed E-state index contributed by atoms with van der Waals surface area (Å²) in [6.07, 6.45) is 3.99. The first-order valence-electron chi connectivity index (χ1n) is 7.00. The lowest BCUT2D eigenvalue weighted by atomic mass is 9.88. The van der Waals surface area contributed by atoms with Crippen molar-refractivity contribution >= 4 is 0 Å². The van der Waals surface area contributed by atoms with Crippen molar-refractivity contribution < 1.29 is 0 Å². The summed E-state index contributed by atoms with van der Waals surface area (Å²) in [5.41, 5.74) is 2.99. The molecule has 3 atom stereocenters. The smallest absolute Gasteiger partial charge is 0.00954 e. The fourth-order valence-electron chi connectivity index (χ4n) is 3.21. The van der Waals surface area contributed by atoms with E-state index in [9.17, 15) is 0 Å². The summed E-state index contributed by atoms with van der Waals surface area (Å²) in [4.78, 5) is 0. The highest BCUT2D eigenvalue weighted by Gasteiger charge is 2.32. The standard InChI is InChI=1S/C16H25N/c1-4-17-16-10-9-15(13(16)3)11-14-8-6-5-7-12(14)2/h5-8,13,15-17H,4,9-11H2,1-3H3. The van der Waals surface area contributed by atoms with Gasteiger partial charge in [-0.3, -0.25) is 0 Å². The van der Waals surface area contributed by atoms with Crippen molar-refractivity contribution in [2.24, 2.45) is 11.8 Å². The van der Waals surface area contributed by atoms with Gasteiger partial charge in [-0.25, -0.2) is 0 Å². The maximum atomic E-state index is 3.62. The van der Waals surface area contributed by atoms with Crippen LogP contribution in [-0.2, 0) is 6.42 Å². The Morgan fingerprint density at radius 3 is 2.71 bits per heavy atom. The lowest BCUT2D eigenvalue weighted by Gasteiger charge is -2.22. The van der Waals surface area contributed by atoms with Gasteiger partial charge in [0.05, 0.1) is 0 Å². The maximum Gasteiger partial charge on any atom is 0.00954 e. The Kier molecular flexibility index (Phi) is 4.22. The number of hydrogen-bond acceptors (Lipinski definition) is 1. The highest BCUT2D eigenvalue weighted by Crippen LogP contribution is 2.34. The summed E-state index contributed by atoms with van der Waals surface area (Å²) in [5, 5.41) is 3.62. The second kappa shape index (κ2) is 5.68. The highest BCUT2D eigenvalue weighted by molar-refractivity contribution is 5.26. The topological polar surface area (TPSA) is 12.0 Å². The van der Waals surface area contributed by atoms with Crippen molar-refractivity contribution in [2.45, 2.75) is 46.1 Å². The molecule has 1 saturated carbocycles. The Balaban J connectivity index is 1.99. The molecular formula is C16H25N. The number of rotatable bonds is 4. The van der Waals surface area contributed by atoms with Crippen molar-refractivity contribution in [1.82, 2.24) is 5.32 Å². The zero-order valence-electron chi connectivity index (χ0n) is 11.4. The van der Waals surface area contributed by atoms with Gasteiger partial charge >= 0.3 is 0 Å². The van der Waals surface area contributed by atoms with E-state index in [-0.39, 0.29) is 0 Å². The average Bonchev–Trinajstić information content (AvgIpc) is 2.65. The van der Waals surface area contributed by atoms with Gasteiger partial charge in [-0.2, -0.15) is 0 Å². The van der Waals surface area contributed by atoms with E-state index in [0.717, 1.165) is 24.4 Å². The number of benzene rings is 1. The Morgan fingerprint density at radius 2 is 2.00 bits per heavy atom. The number of hydrogen-bond donors (Lipinski definition) is 1. The third-order valence-corrected chi connectivity index (χ3v) is 4.44. The molecule has 1 aliphatic carbocycles. The van der Waals surface area contributed by atoms with Crippen LogP contribution in [0, 0.1) is 18.8 Å². The summed E-state index contributed by atoms with van der Waals surface area (Å²) in [5.74, 6) is 1.68. The molecule has 0 heterocycles. The van der Waals surface area contributed by atoms with Crippen LogP contribution in [0.4, 0.5) is 0 Å². The molecule has 0 radical (unpaired) electrons. The van der Waals surface area contributed by atoms with Gasteiger partial charge in [0.25, 0.3) is 0 Å². The van der Waals surface area contributed by atoms with Gasteiger partial charge in [0, 0.05) is 6.04 Å². The van der Waals surface area contributed by atoms with Gasteiger partial charge in [0.1, 0.15) is 0 Å². The van der Waals surface area contributed by atoms with Crippen LogP contribution in [0.25, 0.3) is 0 Å². The van der Waals surface area contributed by atoms with E-state index in [2.05, 4.69) is 50.4 Å². The Hall–Kier alpha value is -0.820. The first-order valence-corrected chi connectivity index (χ1v) is 7.00. The zero-order chi connectivity index (χ0) is 12.3. The van der Waals surface area contributed by atoms with Crippen LogP contribution in [-0.4, -0.2) is 12.6 Å². The highest BCUT2D eigenvalue weighted by atomic mass is 14.9. The first kappa shape index (κ1) is 12.6. The number of nitrogens with one attached hydrogen (secondary N) is 1. The van der Waals surface area contributed by atoms with Gasteiger partial charge < -0.3 is 5.32 Å². The molecule has 0 amide bonds. The number of aryl methyl sites for hydroxylation is 1. The van der Waals surface area contributed by atoms with Crippen molar-refractivity contribution in [3.63, 3.8) is 0 Å². The third kappa shape index (κ3) is 2.90. The Morgan fingerprint density at radius 1 is 1.24 bits per heavy atom. The predicted octanol–water partition coefficient (Wildman–Crippen LogP) is 3.56. The molecule has 17 heavy (non-hydrogen) atoms. The quantitative estimate of drug-likeness (QED) is 0.835. The minimum absolute atomic E-state index is 0.744. The Labute approximate surface area is 106 Å². The third-order valence-electron chi connectivity index (χ3n) is 4.44. The maximum absolute atomic E-state index is 3.62. The summed E-state index contributed by atoms with van der Waals surface area (Å²) >= 11 is 0. The van der Waals surface area contributed by atoms with Crippen LogP contribution >= 0.6 is 0 Å². The molecule has 94 valence electrons. The van der Waals surface area contributed by atoms with Gasteiger partial charge in [-0.05, 0) is 55.7 Å². The van der Waals surface area contributed by atoms with Crippen LogP contribution in [0.2, 0.25) is 0 Å². The molecular weight excluding hydrogens is 206 g/mol. The van der Waals surface area contributed by atoms with Crippen LogP contribution in [0.3, 0.4) is 0 Å². The molecule has 0 spiro atoms. The summed E-state index contributed by atoms with van der Waals surface area (Å²) < 4.78 is 0. The summed E-state index contributed by atoms with van der Waals surface area (Å²) in [7, 11) is 0. The molecule has 2 rings (SSSR count). The molecule has 3 unspecified atom stereocenters. The fraction of sp³-hybridized carbons (Fsp3) is 0.625. The van der Waals surface area contributed by atoms with E-state index in [1.54, 1.807) is 5.56 Å². The van der Waals surface area contributed by atoms with E-state index in [1.165, 1.54) is 24.8 Å². The monoisotopic (exact) mass is 231 g/mol. The molecule has 1 heteroatoms. The van der Waals surface area contributed by atoms with Crippen molar-refractivity contribution in [2.75, 3.05) is 6.54 Å². The molecule has 1 aliphatic rings. The minimum atomic E-state index is 0.744. The van der Waals surface area contributed by atoms with Crippen LogP contribution < -0.4 is 5.32 Å². The summed E-state index contributed by atoms with van der Waals surface area (Å²) in [6, 6.07) is 9.58. The van der Waals surface area contributed by atoms with Crippen LogP contribution in [0.1, 0.15) is 37.8 Å². The zero-order valence-corrected chi connectivity index (χ0v) is 11.4. The van der Waals surface area contributed by atoms with Gasteiger partial charge in [-0.1, -0.05) is 38.1 Å². The molecule has 0 bridgehead atoms.